The Morgan fingerprint density at radius 1 is 0.889 bits per heavy atom. The molecule has 0 spiro atoms. The minimum absolute atomic E-state index is 0.582. The molecule has 18 heavy (non-hydrogen) atoms. The molecule has 2 aromatic carbocycles. The average molecular weight is 238 g/mol. The topological polar surface area (TPSA) is 0 Å². The summed E-state index contributed by atoms with van der Waals surface area (Å²) >= 11 is 0. The lowest BCUT2D eigenvalue weighted by Gasteiger charge is -2.16. The van der Waals surface area contributed by atoms with Crippen molar-refractivity contribution in [1.29, 1.82) is 0 Å². The number of benzene rings is 2. The van der Waals surface area contributed by atoms with Gasteiger partial charge in [0.1, 0.15) is 0 Å². The lowest BCUT2D eigenvalue weighted by Crippen LogP contribution is -1.96. The second kappa shape index (κ2) is 5.39. The van der Waals surface area contributed by atoms with Gasteiger partial charge in [0, 0.05) is 0 Å². The summed E-state index contributed by atoms with van der Waals surface area (Å²) < 4.78 is 0. The summed E-state index contributed by atoms with van der Waals surface area (Å²) in [6, 6.07) is 15.4. The number of rotatable bonds is 3. The van der Waals surface area contributed by atoms with Gasteiger partial charge in [0.2, 0.25) is 0 Å². The minimum Gasteiger partial charge on any atom is -0.0620 e. The third-order valence-electron chi connectivity index (χ3n) is 3.69. The Balaban J connectivity index is 2.61. The van der Waals surface area contributed by atoms with Gasteiger partial charge in [-0.1, -0.05) is 63.2 Å². The Labute approximate surface area is 111 Å². The van der Waals surface area contributed by atoms with E-state index in [0.717, 1.165) is 6.42 Å². The predicted octanol–water partition coefficient (Wildman–Crippen LogP) is 5.35. The van der Waals surface area contributed by atoms with Crippen molar-refractivity contribution in [1.82, 2.24) is 0 Å². The minimum atomic E-state index is 0.582. The molecule has 0 saturated heterocycles. The van der Waals surface area contributed by atoms with Crippen molar-refractivity contribution in [2.45, 2.75) is 40.0 Å². The average Bonchev–Trinajstić information content (AvgIpc) is 2.38. The molecule has 0 bridgehead atoms. The molecular weight excluding hydrogens is 216 g/mol. The largest absolute Gasteiger partial charge is 0.0620 e. The highest BCUT2D eigenvalue weighted by Gasteiger charge is 2.10. The molecule has 0 saturated carbocycles. The first-order valence-electron chi connectivity index (χ1n) is 6.83. The number of aryl methyl sites for hydroxylation is 1. The molecule has 0 atom stereocenters. The van der Waals surface area contributed by atoms with E-state index >= 15 is 0 Å². The molecule has 0 amide bonds. The van der Waals surface area contributed by atoms with Crippen molar-refractivity contribution in [2.75, 3.05) is 0 Å². The Kier molecular flexibility index (Phi) is 3.86. The van der Waals surface area contributed by atoms with Crippen LogP contribution < -0.4 is 0 Å². The van der Waals surface area contributed by atoms with E-state index < -0.39 is 0 Å². The quantitative estimate of drug-likeness (QED) is 0.676. The number of hydrogen-bond acceptors (Lipinski definition) is 0. The fourth-order valence-corrected chi connectivity index (χ4v) is 2.66. The molecule has 2 aromatic rings. The lowest BCUT2D eigenvalue weighted by atomic mass is 9.89. The van der Waals surface area contributed by atoms with Crippen molar-refractivity contribution < 1.29 is 0 Å². The molecule has 0 heterocycles. The van der Waals surface area contributed by atoms with E-state index in [2.05, 4.69) is 70.2 Å². The highest BCUT2D eigenvalue weighted by Crippen LogP contribution is 2.31. The molecule has 0 radical (unpaired) electrons. The molecule has 0 aliphatic carbocycles. The molecule has 0 aliphatic heterocycles. The van der Waals surface area contributed by atoms with Crippen molar-refractivity contribution in [3.05, 3.63) is 59.2 Å². The first kappa shape index (κ1) is 12.9. The Bertz CT molecular complexity index is 535. The van der Waals surface area contributed by atoms with Crippen LogP contribution in [0.25, 0.3) is 11.1 Å². The second-order valence-corrected chi connectivity index (χ2v) is 5.19. The molecule has 0 heteroatoms. The highest BCUT2D eigenvalue weighted by molar-refractivity contribution is 5.71. The van der Waals surface area contributed by atoms with Crippen LogP contribution in [0.5, 0.6) is 0 Å². The van der Waals surface area contributed by atoms with Crippen molar-refractivity contribution in [3.8, 4) is 11.1 Å². The first-order chi connectivity index (χ1) is 8.65. The summed E-state index contributed by atoms with van der Waals surface area (Å²) in [5, 5.41) is 0. The van der Waals surface area contributed by atoms with E-state index in [-0.39, 0.29) is 0 Å². The predicted molar refractivity (Wildman–Crippen MR) is 80.1 cm³/mol. The van der Waals surface area contributed by atoms with Gasteiger partial charge < -0.3 is 0 Å². The maximum Gasteiger partial charge on any atom is -0.0149 e. The van der Waals surface area contributed by atoms with Crippen LogP contribution in [0.3, 0.4) is 0 Å². The van der Waals surface area contributed by atoms with E-state index in [1.807, 2.05) is 0 Å². The third kappa shape index (κ3) is 2.33. The SMILES string of the molecule is CCc1ccccc1-c1cccc(C(C)C)c1C. The summed E-state index contributed by atoms with van der Waals surface area (Å²) in [5.74, 6) is 0.582. The third-order valence-corrected chi connectivity index (χ3v) is 3.69. The van der Waals surface area contributed by atoms with Gasteiger partial charge in [0.15, 0.2) is 0 Å². The van der Waals surface area contributed by atoms with E-state index in [1.54, 1.807) is 0 Å². The van der Waals surface area contributed by atoms with Gasteiger partial charge in [0.25, 0.3) is 0 Å². The fraction of sp³-hybridized carbons (Fsp3) is 0.333. The van der Waals surface area contributed by atoms with E-state index in [1.165, 1.54) is 27.8 Å². The monoisotopic (exact) mass is 238 g/mol. The van der Waals surface area contributed by atoms with E-state index in [9.17, 15) is 0 Å². The molecular formula is C18H22. The molecule has 2 rings (SSSR count). The zero-order valence-electron chi connectivity index (χ0n) is 11.8. The summed E-state index contributed by atoms with van der Waals surface area (Å²) in [4.78, 5) is 0. The maximum absolute atomic E-state index is 2.26. The van der Waals surface area contributed by atoms with E-state index in [0.29, 0.717) is 5.92 Å². The van der Waals surface area contributed by atoms with Crippen LogP contribution in [0.2, 0.25) is 0 Å². The zero-order chi connectivity index (χ0) is 13.1. The van der Waals surface area contributed by atoms with Crippen LogP contribution in [0.15, 0.2) is 42.5 Å². The second-order valence-electron chi connectivity index (χ2n) is 5.19. The molecule has 0 aliphatic rings. The number of hydrogen-bond donors (Lipinski definition) is 0. The van der Waals surface area contributed by atoms with Crippen molar-refractivity contribution >= 4 is 0 Å². The Hall–Kier alpha value is -1.56. The summed E-state index contributed by atoms with van der Waals surface area (Å²) in [6.45, 7) is 8.99. The maximum atomic E-state index is 2.26. The van der Waals surface area contributed by atoms with Gasteiger partial charge in [-0.3, -0.25) is 0 Å². The molecule has 0 unspecified atom stereocenters. The summed E-state index contributed by atoms with van der Waals surface area (Å²) in [7, 11) is 0. The molecule has 0 aromatic heterocycles. The van der Waals surface area contributed by atoms with Crippen LogP contribution in [0.1, 0.15) is 43.4 Å². The van der Waals surface area contributed by atoms with Gasteiger partial charge in [0.05, 0.1) is 0 Å². The van der Waals surface area contributed by atoms with Gasteiger partial charge in [-0.15, -0.1) is 0 Å². The van der Waals surface area contributed by atoms with Crippen molar-refractivity contribution in [2.24, 2.45) is 0 Å². The van der Waals surface area contributed by atoms with Crippen LogP contribution in [-0.4, -0.2) is 0 Å². The highest BCUT2D eigenvalue weighted by atomic mass is 14.1. The van der Waals surface area contributed by atoms with Gasteiger partial charge in [-0.25, -0.2) is 0 Å². The normalized spacial score (nSPS) is 10.9. The standard InChI is InChI=1S/C18H22/c1-5-15-9-6-7-10-18(15)17-12-8-11-16(13(2)3)14(17)4/h6-13H,5H2,1-4H3. The van der Waals surface area contributed by atoms with Crippen LogP contribution in [-0.2, 0) is 6.42 Å². The van der Waals surface area contributed by atoms with Crippen LogP contribution >= 0.6 is 0 Å². The van der Waals surface area contributed by atoms with Gasteiger partial charge in [-0.2, -0.15) is 0 Å². The van der Waals surface area contributed by atoms with Crippen LogP contribution in [0, 0.1) is 6.92 Å². The Morgan fingerprint density at radius 2 is 1.56 bits per heavy atom. The Morgan fingerprint density at radius 3 is 2.22 bits per heavy atom. The first-order valence-corrected chi connectivity index (χ1v) is 6.83. The lowest BCUT2D eigenvalue weighted by molar-refractivity contribution is 0.857. The van der Waals surface area contributed by atoms with E-state index in [4.69, 9.17) is 0 Å². The van der Waals surface area contributed by atoms with Crippen molar-refractivity contribution in [3.63, 3.8) is 0 Å². The van der Waals surface area contributed by atoms with Gasteiger partial charge >= 0.3 is 0 Å². The smallest absolute Gasteiger partial charge is 0.0149 e. The fourth-order valence-electron chi connectivity index (χ4n) is 2.66. The summed E-state index contributed by atoms with van der Waals surface area (Å²) in [5.41, 5.74) is 7.09. The molecule has 0 N–H and O–H groups in total. The molecule has 0 fully saturated rings. The zero-order valence-corrected chi connectivity index (χ0v) is 11.8. The summed E-state index contributed by atoms with van der Waals surface area (Å²) in [6.07, 6.45) is 1.08. The van der Waals surface area contributed by atoms with Crippen LogP contribution in [0.4, 0.5) is 0 Å². The van der Waals surface area contributed by atoms with Gasteiger partial charge in [-0.05, 0) is 47.1 Å². The molecule has 0 nitrogen and oxygen atoms in total. The molecule has 94 valence electrons.